The number of aromatic nitrogens is 2. The molecule has 1 aromatic heterocycles. The normalized spacial score (nSPS) is 18.0. The molecular weight excluding hydrogens is 314 g/mol. The Morgan fingerprint density at radius 1 is 1.12 bits per heavy atom. The number of anilines is 2. The van der Waals surface area contributed by atoms with E-state index in [4.69, 9.17) is 0 Å². The maximum atomic E-state index is 12.7. The number of hydrogen-bond acceptors (Lipinski definition) is 5. The van der Waals surface area contributed by atoms with Crippen molar-refractivity contribution in [2.24, 2.45) is 0 Å². The molecule has 0 saturated carbocycles. The lowest BCUT2D eigenvalue weighted by atomic mass is 10.1. The lowest BCUT2D eigenvalue weighted by Crippen LogP contribution is -2.34. The van der Waals surface area contributed by atoms with Crippen molar-refractivity contribution in [3.8, 4) is 0 Å². The Labute approximate surface area is 148 Å². The molecule has 1 saturated heterocycles. The van der Waals surface area contributed by atoms with Gasteiger partial charge < -0.3 is 15.1 Å². The summed E-state index contributed by atoms with van der Waals surface area (Å²) in [7, 11) is 4.21. The average molecular weight is 339 g/mol. The van der Waals surface area contributed by atoms with Crippen LogP contribution in [0.4, 0.5) is 11.6 Å². The summed E-state index contributed by atoms with van der Waals surface area (Å²) in [6.07, 6.45) is 6.38. The highest BCUT2D eigenvalue weighted by molar-refractivity contribution is 5.93. The number of nitrogens with zero attached hydrogens (tertiary/aromatic N) is 4. The van der Waals surface area contributed by atoms with Gasteiger partial charge in [0.2, 0.25) is 5.95 Å². The molecule has 0 aliphatic carbocycles. The molecule has 25 heavy (non-hydrogen) atoms. The second kappa shape index (κ2) is 8.07. The van der Waals surface area contributed by atoms with Gasteiger partial charge in [-0.2, -0.15) is 0 Å². The van der Waals surface area contributed by atoms with E-state index in [-0.39, 0.29) is 5.91 Å². The smallest absolute Gasteiger partial charge is 0.256 e. The zero-order valence-corrected chi connectivity index (χ0v) is 14.9. The molecule has 1 aromatic carbocycles. The molecule has 1 aliphatic heterocycles. The number of hydrogen-bond donors (Lipinski definition) is 1. The number of benzene rings is 1. The fraction of sp³-hybridized carbons (Fsp3) is 0.421. The standard InChI is InChI=1S/C19H25N5O/c1-23(2)17-9-6-11-24(12-10-17)18(25)15-13-20-19(21-14-15)22-16-7-4-3-5-8-16/h3-5,7-8,13-14,17H,6,9-12H2,1-2H3,(H,20,21,22)/t17-/m0/s1. The molecule has 6 nitrogen and oxygen atoms in total. The van der Waals surface area contributed by atoms with Crippen molar-refractivity contribution in [1.29, 1.82) is 0 Å². The fourth-order valence-corrected chi connectivity index (χ4v) is 3.13. The number of rotatable bonds is 4. The van der Waals surface area contributed by atoms with Gasteiger partial charge in [0.25, 0.3) is 5.91 Å². The predicted octanol–water partition coefficient (Wildman–Crippen LogP) is 2.78. The van der Waals surface area contributed by atoms with E-state index in [1.165, 1.54) is 0 Å². The summed E-state index contributed by atoms with van der Waals surface area (Å²) in [5.74, 6) is 0.511. The second-order valence-corrected chi connectivity index (χ2v) is 6.63. The number of nitrogens with one attached hydrogen (secondary N) is 1. The van der Waals surface area contributed by atoms with Gasteiger partial charge in [0, 0.05) is 37.2 Å². The average Bonchev–Trinajstić information content (AvgIpc) is 2.89. The molecule has 0 radical (unpaired) electrons. The third kappa shape index (κ3) is 4.54. The molecule has 1 fully saturated rings. The van der Waals surface area contributed by atoms with Gasteiger partial charge in [0.15, 0.2) is 0 Å². The summed E-state index contributed by atoms with van der Waals surface area (Å²) in [5, 5.41) is 3.13. The number of carbonyl (C=O) groups is 1. The first kappa shape index (κ1) is 17.4. The van der Waals surface area contributed by atoms with Gasteiger partial charge in [-0.05, 0) is 45.5 Å². The quantitative estimate of drug-likeness (QED) is 0.928. The highest BCUT2D eigenvalue weighted by Crippen LogP contribution is 2.17. The van der Waals surface area contributed by atoms with E-state index < -0.39 is 0 Å². The van der Waals surface area contributed by atoms with Crippen LogP contribution in [0.2, 0.25) is 0 Å². The van der Waals surface area contributed by atoms with E-state index in [9.17, 15) is 4.79 Å². The Hall–Kier alpha value is -2.47. The van der Waals surface area contributed by atoms with Crippen LogP contribution in [0.5, 0.6) is 0 Å². The van der Waals surface area contributed by atoms with Crippen LogP contribution >= 0.6 is 0 Å². The van der Waals surface area contributed by atoms with E-state index in [0.717, 1.165) is 38.0 Å². The van der Waals surface area contributed by atoms with Gasteiger partial charge in [0.05, 0.1) is 5.56 Å². The monoisotopic (exact) mass is 339 g/mol. The Morgan fingerprint density at radius 2 is 1.84 bits per heavy atom. The van der Waals surface area contributed by atoms with Gasteiger partial charge in [-0.15, -0.1) is 0 Å². The molecular formula is C19H25N5O. The van der Waals surface area contributed by atoms with Crippen LogP contribution in [0, 0.1) is 0 Å². The summed E-state index contributed by atoms with van der Waals surface area (Å²) in [4.78, 5) is 25.4. The van der Waals surface area contributed by atoms with Crippen LogP contribution in [0.15, 0.2) is 42.7 Å². The SMILES string of the molecule is CN(C)[C@H]1CCCN(C(=O)c2cnc(Nc3ccccc3)nc2)CC1. The number of likely N-dealkylation sites (tertiary alicyclic amines) is 1. The van der Waals surface area contributed by atoms with E-state index >= 15 is 0 Å². The van der Waals surface area contributed by atoms with Gasteiger partial charge in [-0.3, -0.25) is 4.79 Å². The predicted molar refractivity (Wildman–Crippen MR) is 99.0 cm³/mol. The topological polar surface area (TPSA) is 61.4 Å². The zero-order chi connectivity index (χ0) is 17.6. The third-order valence-corrected chi connectivity index (χ3v) is 4.64. The Morgan fingerprint density at radius 3 is 2.52 bits per heavy atom. The minimum atomic E-state index is 0.0191. The molecule has 0 unspecified atom stereocenters. The lowest BCUT2D eigenvalue weighted by Gasteiger charge is -2.23. The highest BCUT2D eigenvalue weighted by atomic mass is 16.2. The van der Waals surface area contributed by atoms with Gasteiger partial charge in [-0.1, -0.05) is 18.2 Å². The molecule has 1 N–H and O–H groups in total. The Balaban J connectivity index is 1.62. The Bertz CT molecular complexity index is 687. The molecule has 2 heterocycles. The van der Waals surface area contributed by atoms with Gasteiger partial charge in [-0.25, -0.2) is 9.97 Å². The molecule has 1 aliphatic rings. The maximum Gasteiger partial charge on any atom is 0.256 e. The van der Waals surface area contributed by atoms with Gasteiger partial charge in [0.1, 0.15) is 0 Å². The number of amides is 1. The van der Waals surface area contributed by atoms with Crippen LogP contribution in [0.3, 0.4) is 0 Å². The van der Waals surface area contributed by atoms with Crippen molar-refractivity contribution in [3.05, 3.63) is 48.3 Å². The van der Waals surface area contributed by atoms with Crippen LogP contribution in [0.1, 0.15) is 29.6 Å². The van der Waals surface area contributed by atoms with Crippen molar-refractivity contribution in [2.45, 2.75) is 25.3 Å². The molecule has 6 heteroatoms. The number of carbonyl (C=O) groups excluding carboxylic acids is 1. The summed E-state index contributed by atoms with van der Waals surface area (Å²) in [6.45, 7) is 1.58. The van der Waals surface area contributed by atoms with E-state index in [1.807, 2.05) is 35.2 Å². The first-order valence-electron chi connectivity index (χ1n) is 8.73. The van der Waals surface area contributed by atoms with Crippen LogP contribution in [-0.2, 0) is 0 Å². The number of para-hydroxylation sites is 1. The molecule has 0 bridgehead atoms. The molecule has 3 rings (SSSR count). The van der Waals surface area contributed by atoms with Crippen molar-refractivity contribution in [3.63, 3.8) is 0 Å². The van der Waals surface area contributed by atoms with Crippen molar-refractivity contribution >= 4 is 17.5 Å². The van der Waals surface area contributed by atoms with E-state index in [2.05, 4.69) is 34.3 Å². The molecule has 1 atom stereocenters. The first-order valence-corrected chi connectivity index (χ1v) is 8.73. The minimum absolute atomic E-state index is 0.0191. The maximum absolute atomic E-state index is 12.7. The first-order chi connectivity index (χ1) is 12.1. The second-order valence-electron chi connectivity index (χ2n) is 6.63. The van der Waals surface area contributed by atoms with E-state index in [0.29, 0.717) is 17.6 Å². The van der Waals surface area contributed by atoms with Crippen LogP contribution < -0.4 is 5.32 Å². The minimum Gasteiger partial charge on any atom is -0.338 e. The molecule has 2 aromatic rings. The molecule has 0 spiro atoms. The van der Waals surface area contributed by atoms with Crippen molar-refractivity contribution in [2.75, 3.05) is 32.5 Å². The third-order valence-electron chi connectivity index (χ3n) is 4.64. The summed E-state index contributed by atoms with van der Waals surface area (Å²) in [6, 6.07) is 10.3. The van der Waals surface area contributed by atoms with Gasteiger partial charge >= 0.3 is 0 Å². The summed E-state index contributed by atoms with van der Waals surface area (Å²) in [5.41, 5.74) is 1.46. The fourth-order valence-electron chi connectivity index (χ4n) is 3.13. The zero-order valence-electron chi connectivity index (χ0n) is 14.9. The molecule has 132 valence electrons. The Kier molecular flexibility index (Phi) is 5.60. The lowest BCUT2D eigenvalue weighted by molar-refractivity contribution is 0.0758. The van der Waals surface area contributed by atoms with Crippen LogP contribution in [0.25, 0.3) is 0 Å². The van der Waals surface area contributed by atoms with Crippen molar-refractivity contribution < 1.29 is 4.79 Å². The largest absolute Gasteiger partial charge is 0.338 e. The summed E-state index contributed by atoms with van der Waals surface area (Å²) < 4.78 is 0. The van der Waals surface area contributed by atoms with E-state index in [1.54, 1.807) is 12.4 Å². The summed E-state index contributed by atoms with van der Waals surface area (Å²) >= 11 is 0. The van der Waals surface area contributed by atoms with Crippen LogP contribution in [-0.4, -0.2) is 58.9 Å². The highest BCUT2D eigenvalue weighted by Gasteiger charge is 2.22. The molecule has 1 amide bonds. The van der Waals surface area contributed by atoms with Crippen molar-refractivity contribution in [1.82, 2.24) is 19.8 Å².